The Hall–Kier alpha value is -3.55. The van der Waals surface area contributed by atoms with Crippen LogP contribution in [0.3, 0.4) is 0 Å². The zero-order chi connectivity index (χ0) is 23.3. The highest BCUT2D eigenvalue weighted by Crippen LogP contribution is 2.30. The minimum absolute atomic E-state index is 0.0334. The van der Waals surface area contributed by atoms with Gasteiger partial charge in [0.15, 0.2) is 0 Å². The van der Waals surface area contributed by atoms with E-state index in [2.05, 4.69) is 17.1 Å². The maximum absolute atomic E-state index is 12.6. The van der Waals surface area contributed by atoms with Crippen LogP contribution in [0.1, 0.15) is 24.0 Å². The topological polar surface area (TPSA) is 51.7 Å². The molecule has 0 bridgehead atoms. The second-order valence-corrected chi connectivity index (χ2v) is 7.94. The molecule has 0 N–H and O–H groups in total. The van der Waals surface area contributed by atoms with E-state index < -0.39 is 17.8 Å². The van der Waals surface area contributed by atoms with E-state index in [0.717, 1.165) is 31.4 Å². The van der Waals surface area contributed by atoms with Crippen molar-refractivity contribution in [3.63, 3.8) is 0 Å². The Bertz CT molecular complexity index is 1050. The number of hydrogen-bond acceptors (Lipinski definition) is 4. The van der Waals surface area contributed by atoms with Crippen LogP contribution < -0.4 is 9.47 Å². The molecule has 2 heterocycles. The van der Waals surface area contributed by atoms with Gasteiger partial charge in [0.25, 0.3) is 0 Å². The normalized spacial score (nSPS) is 14.7. The molecule has 172 valence electrons. The summed E-state index contributed by atoms with van der Waals surface area (Å²) in [6.45, 7) is 1.30. The molecule has 1 aliphatic heterocycles. The Morgan fingerprint density at radius 2 is 1.61 bits per heavy atom. The van der Waals surface area contributed by atoms with Gasteiger partial charge < -0.3 is 14.4 Å². The first-order valence-corrected chi connectivity index (χ1v) is 10.7. The molecule has 0 aliphatic carbocycles. The molecule has 2 aromatic carbocycles. The highest BCUT2D eigenvalue weighted by molar-refractivity contribution is 5.70. The summed E-state index contributed by atoms with van der Waals surface area (Å²) in [5.41, 5.74) is 0.466. The number of halogens is 3. The lowest BCUT2D eigenvalue weighted by atomic mass is 9.90. The number of aromatic nitrogens is 1. The quantitative estimate of drug-likeness (QED) is 0.449. The fourth-order valence-corrected chi connectivity index (χ4v) is 3.74. The Labute approximate surface area is 189 Å². The smallest absolute Gasteiger partial charge is 0.417 e. The Morgan fingerprint density at radius 1 is 0.939 bits per heavy atom. The minimum atomic E-state index is -4.45. The van der Waals surface area contributed by atoms with Crippen molar-refractivity contribution in [3.05, 3.63) is 84.1 Å². The van der Waals surface area contributed by atoms with Crippen LogP contribution in [0.5, 0.6) is 17.4 Å². The van der Waals surface area contributed by atoms with E-state index in [1.165, 1.54) is 5.56 Å². The predicted octanol–water partition coefficient (Wildman–Crippen LogP) is 6.35. The van der Waals surface area contributed by atoms with Crippen LogP contribution in [0.2, 0.25) is 0 Å². The third kappa shape index (κ3) is 6.25. The van der Waals surface area contributed by atoms with Crippen molar-refractivity contribution >= 4 is 6.09 Å². The number of carbonyl (C=O) groups is 1. The van der Waals surface area contributed by atoms with E-state index in [1.807, 2.05) is 18.2 Å². The summed E-state index contributed by atoms with van der Waals surface area (Å²) in [5, 5.41) is 0. The monoisotopic (exact) mass is 456 g/mol. The van der Waals surface area contributed by atoms with Crippen LogP contribution in [0.25, 0.3) is 0 Å². The first kappa shape index (κ1) is 22.6. The Kier molecular flexibility index (Phi) is 6.82. The van der Waals surface area contributed by atoms with Gasteiger partial charge >= 0.3 is 12.3 Å². The standard InChI is InChI=1S/C25H23F3N2O3/c26-25(27,28)20-6-11-23(29-17-20)32-21-7-9-22(10-8-21)33-24(31)30-14-12-19(13-15-30)16-18-4-2-1-3-5-18/h1-11,17,19H,12-16H2. The van der Waals surface area contributed by atoms with Crippen LogP contribution in [0.15, 0.2) is 72.9 Å². The molecular formula is C25H23F3N2O3. The molecule has 1 saturated heterocycles. The zero-order valence-electron chi connectivity index (χ0n) is 17.8. The van der Waals surface area contributed by atoms with E-state index in [-0.39, 0.29) is 5.88 Å². The highest BCUT2D eigenvalue weighted by Gasteiger charge is 2.30. The lowest BCUT2D eigenvalue weighted by molar-refractivity contribution is -0.137. The predicted molar refractivity (Wildman–Crippen MR) is 116 cm³/mol. The third-order valence-electron chi connectivity index (χ3n) is 5.55. The van der Waals surface area contributed by atoms with Crippen molar-refractivity contribution in [2.24, 2.45) is 5.92 Å². The molecule has 5 nitrogen and oxygen atoms in total. The van der Waals surface area contributed by atoms with Gasteiger partial charge in [-0.3, -0.25) is 0 Å². The van der Waals surface area contributed by atoms with E-state index >= 15 is 0 Å². The summed E-state index contributed by atoms with van der Waals surface area (Å²) in [4.78, 5) is 17.9. The molecule has 4 rings (SSSR count). The summed E-state index contributed by atoms with van der Waals surface area (Å²) >= 11 is 0. The minimum Gasteiger partial charge on any atom is -0.439 e. The Morgan fingerprint density at radius 3 is 2.21 bits per heavy atom. The molecule has 33 heavy (non-hydrogen) atoms. The SMILES string of the molecule is O=C(Oc1ccc(Oc2ccc(C(F)(F)F)cn2)cc1)N1CCC(Cc2ccccc2)CC1. The van der Waals surface area contributed by atoms with Crippen LogP contribution in [-0.4, -0.2) is 29.1 Å². The van der Waals surface area contributed by atoms with Crippen LogP contribution in [0.4, 0.5) is 18.0 Å². The number of amides is 1. The van der Waals surface area contributed by atoms with Crippen molar-refractivity contribution in [2.75, 3.05) is 13.1 Å². The van der Waals surface area contributed by atoms with Gasteiger partial charge in [-0.15, -0.1) is 0 Å². The number of benzene rings is 2. The number of pyridine rings is 1. The largest absolute Gasteiger partial charge is 0.439 e. The number of rotatable bonds is 5. The number of hydrogen-bond donors (Lipinski definition) is 0. The van der Waals surface area contributed by atoms with Gasteiger partial charge in [-0.25, -0.2) is 9.78 Å². The van der Waals surface area contributed by atoms with Gasteiger partial charge in [-0.05, 0) is 61.1 Å². The summed E-state index contributed by atoms with van der Waals surface area (Å²) in [7, 11) is 0. The lowest BCUT2D eigenvalue weighted by Gasteiger charge is -2.31. The Balaban J connectivity index is 1.25. The highest BCUT2D eigenvalue weighted by atomic mass is 19.4. The first-order chi connectivity index (χ1) is 15.9. The summed E-state index contributed by atoms with van der Waals surface area (Å²) in [6.07, 6.45) is -1.26. The fourth-order valence-electron chi connectivity index (χ4n) is 3.74. The molecule has 0 atom stereocenters. The molecule has 1 amide bonds. The maximum atomic E-state index is 12.6. The summed E-state index contributed by atoms with van der Waals surface area (Å²) in [5.74, 6) is 1.31. The average Bonchev–Trinajstić information content (AvgIpc) is 2.81. The van der Waals surface area contributed by atoms with E-state index in [9.17, 15) is 18.0 Å². The number of alkyl halides is 3. The molecule has 1 aromatic heterocycles. The maximum Gasteiger partial charge on any atom is 0.417 e. The van der Waals surface area contributed by atoms with E-state index in [0.29, 0.717) is 36.7 Å². The van der Waals surface area contributed by atoms with Gasteiger partial charge in [0, 0.05) is 25.4 Å². The number of likely N-dealkylation sites (tertiary alicyclic amines) is 1. The fraction of sp³-hybridized carbons (Fsp3) is 0.280. The number of nitrogens with zero attached hydrogens (tertiary/aromatic N) is 2. The molecule has 0 saturated carbocycles. The average molecular weight is 456 g/mol. The van der Waals surface area contributed by atoms with Crippen molar-refractivity contribution in [1.82, 2.24) is 9.88 Å². The summed E-state index contributed by atoms with van der Waals surface area (Å²) < 4.78 is 48.7. The van der Waals surface area contributed by atoms with Gasteiger partial charge in [0.1, 0.15) is 11.5 Å². The molecule has 0 spiro atoms. The third-order valence-corrected chi connectivity index (χ3v) is 5.55. The molecular weight excluding hydrogens is 433 g/mol. The van der Waals surface area contributed by atoms with Crippen molar-refractivity contribution in [2.45, 2.75) is 25.4 Å². The van der Waals surface area contributed by atoms with Crippen LogP contribution in [0, 0.1) is 5.92 Å². The number of ether oxygens (including phenoxy) is 2. The van der Waals surface area contributed by atoms with Gasteiger partial charge in [-0.2, -0.15) is 13.2 Å². The van der Waals surface area contributed by atoms with E-state index in [1.54, 1.807) is 29.2 Å². The van der Waals surface area contributed by atoms with Crippen molar-refractivity contribution < 1.29 is 27.4 Å². The lowest BCUT2D eigenvalue weighted by Crippen LogP contribution is -2.40. The molecule has 0 radical (unpaired) electrons. The number of carbonyl (C=O) groups excluding carboxylic acids is 1. The second-order valence-electron chi connectivity index (χ2n) is 7.94. The van der Waals surface area contributed by atoms with Gasteiger partial charge in [0.05, 0.1) is 5.56 Å². The first-order valence-electron chi connectivity index (χ1n) is 10.7. The molecule has 3 aromatic rings. The molecule has 1 fully saturated rings. The van der Waals surface area contributed by atoms with Crippen molar-refractivity contribution in [3.8, 4) is 17.4 Å². The molecule has 1 aliphatic rings. The molecule has 8 heteroatoms. The van der Waals surface area contributed by atoms with Crippen LogP contribution >= 0.6 is 0 Å². The second kappa shape index (κ2) is 9.94. The van der Waals surface area contributed by atoms with Gasteiger partial charge in [0.2, 0.25) is 5.88 Å². The summed E-state index contributed by atoms with van der Waals surface area (Å²) in [6, 6.07) is 18.7. The zero-order valence-corrected chi connectivity index (χ0v) is 17.8. The van der Waals surface area contributed by atoms with Gasteiger partial charge in [-0.1, -0.05) is 30.3 Å². The van der Waals surface area contributed by atoms with Crippen LogP contribution in [-0.2, 0) is 12.6 Å². The number of piperidine rings is 1. The molecule has 0 unspecified atom stereocenters. The van der Waals surface area contributed by atoms with E-state index in [4.69, 9.17) is 9.47 Å². The van der Waals surface area contributed by atoms with Crippen molar-refractivity contribution in [1.29, 1.82) is 0 Å².